The van der Waals surface area contributed by atoms with Gasteiger partial charge in [-0.25, -0.2) is 0 Å². The van der Waals surface area contributed by atoms with Crippen LogP contribution in [-0.2, 0) is 11.2 Å². The summed E-state index contributed by atoms with van der Waals surface area (Å²) in [4.78, 5) is 11.7. The van der Waals surface area contributed by atoms with Crippen LogP contribution >= 0.6 is 0 Å². The fourth-order valence-corrected chi connectivity index (χ4v) is 1.61. The maximum Gasteiger partial charge on any atom is 0.225 e. The van der Waals surface area contributed by atoms with E-state index in [1.54, 1.807) is 0 Å². The molecule has 0 fully saturated rings. The largest absolute Gasteiger partial charge is 0.394 e. The molecule has 1 heterocycles. The topological polar surface area (TPSA) is 83.8 Å². The van der Waals surface area contributed by atoms with Gasteiger partial charge in [0.25, 0.3) is 0 Å². The monoisotopic (exact) mass is 244 g/mol. The first-order valence-electron chi connectivity index (χ1n) is 5.79. The molecule has 1 aromatic heterocycles. The van der Waals surface area contributed by atoms with Gasteiger partial charge in [0.2, 0.25) is 5.91 Å². The molecule has 5 nitrogen and oxygen atoms in total. The number of aromatic nitrogens is 2. The van der Waals surface area contributed by atoms with Gasteiger partial charge in [0, 0.05) is 6.42 Å². The highest BCUT2D eigenvalue weighted by atomic mass is 16.1. The number of rotatable bonds is 4. The van der Waals surface area contributed by atoms with Crippen molar-refractivity contribution in [1.29, 1.82) is 0 Å². The molecule has 0 aliphatic carbocycles. The van der Waals surface area contributed by atoms with Crippen LogP contribution in [0.3, 0.4) is 0 Å². The predicted octanol–water partition coefficient (Wildman–Crippen LogP) is 1.87. The SMILES string of the molecule is Cc1ccc(CCC(=O)Nc2[nH]ncc2N)cc1. The zero-order valence-corrected chi connectivity index (χ0v) is 10.2. The third-order valence-electron chi connectivity index (χ3n) is 2.69. The second-order valence-electron chi connectivity index (χ2n) is 4.23. The number of carbonyl (C=O) groups is 1. The molecule has 18 heavy (non-hydrogen) atoms. The van der Waals surface area contributed by atoms with Gasteiger partial charge < -0.3 is 11.1 Å². The highest BCUT2D eigenvalue weighted by Crippen LogP contribution is 2.13. The van der Waals surface area contributed by atoms with Gasteiger partial charge in [-0.1, -0.05) is 29.8 Å². The number of H-pyrrole nitrogens is 1. The number of amides is 1. The Hall–Kier alpha value is -2.30. The summed E-state index contributed by atoms with van der Waals surface area (Å²) in [5, 5.41) is 9.06. The van der Waals surface area contributed by atoms with E-state index in [1.807, 2.05) is 31.2 Å². The van der Waals surface area contributed by atoms with E-state index >= 15 is 0 Å². The number of nitrogens with two attached hydrogens (primary N) is 1. The summed E-state index contributed by atoms with van der Waals surface area (Å²) in [5.41, 5.74) is 8.41. The van der Waals surface area contributed by atoms with E-state index < -0.39 is 0 Å². The minimum Gasteiger partial charge on any atom is -0.394 e. The number of hydrogen-bond acceptors (Lipinski definition) is 3. The highest BCUT2D eigenvalue weighted by molar-refractivity contribution is 5.92. The lowest BCUT2D eigenvalue weighted by Crippen LogP contribution is -2.13. The van der Waals surface area contributed by atoms with Gasteiger partial charge in [-0.2, -0.15) is 5.10 Å². The Morgan fingerprint density at radius 3 is 2.72 bits per heavy atom. The van der Waals surface area contributed by atoms with E-state index in [1.165, 1.54) is 11.8 Å². The molecule has 0 aliphatic rings. The molecule has 94 valence electrons. The Labute approximate surface area is 105 Å². The summed E-state index contributed by atoms with van der Waals surface area (Å²) in [6, 6.07) is 8.15. The molecule has 0 bridgehead atoms. The Morgan fingerprint density at radius 1 is 1.39 bits per heavy atom. The predicted molar refractivity (Wildman–Crippen MR) is 71.1 cm³/mol. The molecule has 4 N–H and O–H groups in total. The Balaban J connectivity index is 1.85. The van der Waals surface area contributed by atoms with Crippen molar-refractivity contribution >= 4 is 17.4 Å². The van der Waals surface area contributed by atoms with E-state index in [9.17, 15) is 4.79 Å². The first-order chi connectivity index (χ1) is 8.65. The zero-order chi connectivity index (χ0) is 13.0. The number of nitrogens with one attached hydrogen (secondary N) is 2. The molecule has 0 radical (unpaired) electrons. The summed E-state index contributed by atoms with van der Waals surface area (Å²) in [6.45, 7) is 2.04. The van der Waals surface area contributed by atoms with Gasteiger partial charge in [0.15, 0.2) is 5.82 Å². The van der Waals surface area contributed by atoms with Crippen LogP contribution in [0.15, 0.2) is 30.5 Å². The van der Waals surface area contributed by atoms with Gasteiger partial charge in [0.05, 0.1) is 11.9 Å². The maximum absolute atomic E-state index is 11.7. The molecular formula is C13H16N4O. The van der Waals surface area contributed by atoms with Crippen LogP contribution in [0, 0.1) is 6.92 Å². The smallest absolute Gasteiger partial charge is 0.225 e. The average molecular weight is 244 g/mol. The van der Waals surface area contributed by atoms with Gasteiger partial charge in [-0.15, -0.1) is 0 Å². The van der Waals surface area contributed by atoms with Gasteiger partial charge in [-0.3, -0.25) is 9.89 Å². The third kappa shape index (κ3) is 3.10. The van der Waals surface area contributed by atoms with E-state index in [0.29, 0.717) is 24.3 Å². The van der Waals surface area contributed by atoms with Crippen molar-refractivity contribution in [2.75, 3.05) is 11.1 Å². The average Bonchev–Trinajstić information content (AvgIpc) is 2.74. The van der Waals surface area contributed by atoms with Gasteiger partial charge in [0.1, 0.15) is 0 Å². The van der Waals surface area contributed by atoms with E-state index in [2.05, 4.69) is 15.5 Å². The van der Waals surface area contributed by atoms with Crippen LogP contribution in [0.2, 0.25) is 0 Å². The fraction of sp³-hybridized carbons (Fsp3) is 0.231. The number of nitrogens with zero attached hydrogens (tertiary/aromatic N) is 1. The first kappa shape index (κ1) is 12.2. The maximum atomic E-state index is 11.7. The van der Waals surface area contributed by atoms with Crippen LogP contribution in [0.1, 0.15) is 17.5 Å². The van der Waals surface area contributed by atoms with Crippen LogP contribution in [-0.4, -0.2) is 16.1 Å². The first-order valence-corrected chi connectivity index (χ1v) is 5.79. The number of nitrogen functional groups attached to an aromatic ring is 1. The molecule has 5 heteroatoms. The molecular weight excluding hydrogens is 228 g/mol. The summed E-state index contributed by atoms with van der Waals surface area (Å²) in [6.07, 6.45) is 2.59. The summed E-state index contributed by atoms with van der Waals surface area (Å²) < 4.78 is 0. The molecule has 0 saturated carbocycles. The molecule has 1 aromatic carbocycles. The number of hydrogen-bond donors (Lipinski definition) is 3. The van der Waals surface area contributed by atoms with Crippen molar-refractivity contribution in [1.82, 2.24) is 10.2 Å². The van der Waals surface area contributed by atoms with Crippen molar-refractivity contribution in [2.45, 2.75) is 19.8 Å². The van der Waals surface area contributed by atoms with E-state index in [4.69, 9.17) is 5.73 Å². The minimum atomic E-state index is -0.0773. The second kappa shape index (κ2) is 5.35. The highest BCUT2D eigenvalue weighted by Gasteiger charge is 2.06. The Morgan fingerprint density at radius 2 is 2.11 bits per heavy atom. The normalized spacial score (nSPS) is 10.3. The number of anilines is 2. The van der Waals surface area contributed by atoms with Crippen molar-refractivity contribution in [3.8, 4) is 0 Å². The molecule has 0 unspecified atom stereocenters. The molecule has 0 spiro atoms. The summed E-state index contributed by atoms with van der Waals surface area (Å²) in [7, 11) is 0. The molecule has 2 rings (SSSR count). The van der Waals surface area contributed by atoms with Gasteiger partial charge in [-0.05, 0) is 18.9 Å². The number of benzene rings is 1. The van der Waals surface area contributed by atoms with E-state index in [-0.39, 0.29) is 5.91 Å². The van der Waals surface area contributed by atoms with Crippen molar-refractivity contribution in [3.05, 3.63) is 41.6 Å². The van der Waals surface area contributed by atoms with Gasteiger partial charge >= 0.3 is 0 Å². The lowest BCUT2D eigenvalue weighted by molar-refractivity contribution is -0.116. The van der Waals surface area contributed by atoms with Crippen molar-refractivity contribution in [3.63, 3.8) is 0 Å². The molecule has 0 atom stereocenters. The zero-order valence-electron chi connectivity index (χ0n) is 10.2. The Bertz CT molecular complexity index is 530. The van der Waals surface area contributed by atoms with E-state index in [0.717, 1.165) is 5.56 Å². The number of aryl methyl sites for hydroxylation is 2. The molecule has 1 amide bonds. The van der Waals surface area contributed by atoms with Crippen LogP contribution in [0.5, 0.6) is 0 Å². The molecule has 0 aliphatic heterocycles. The minimum absolute atomic E-state index is 0.0773. The molecule has 2 aromatic rings. The molecule has 0 saturated heterocycles. The third-order valence-corrected chi connectivity index (χ3v) is 2.69. The second-order valence-corrected chi connectivity index (χ2v) is 4.23. The van der Waals surface area contributed by atoms with Crippen molar-refractivity contribution in [2.24, 2.45) is 0 Å². The standard InChI is InChI=1S/C13H16N4O/c1-9-2-4-10(5-3-9)6-7-12(18)16-13-11(14)8-15-17-13/h2-5,8H,6-7,14H2,1H3,(H2,15,16,17,18). The number of aromatic amines is 1. The van der Waals surface area contributed by atoms with Crippen LogP contribution in [0.4, 0.5) is 11.5 Å². The van der Waals surface area contributed by atoms with Crippen LogP contribution < -0.4 is 11.1 Å². The lowest BCUT2D eigenvalue weighted by atomic mass is 10.1. The fourth-order valence-electron chi connectivity index (χ4n) is 1.61. The quantitative estimate of drug-likeness (QED) is 0.767. The van der Waals surface area contributed by atoms with Crippen molar-refractivity contribution < 1.29 is 4.79 Å². The lowest BCUT2D eigenvalue weighted by Gasteiger charge is -2.04. The summed E-state index contributed by atoms with van der Waals surface area (Å²) >= 11 is 0. The van der Waals surface area contributed by atoms with Crippen LogP contribution in [0.25, 0.3) is 0 Å². The summed E-state index contributed by atoms with van der Waals surface area (Å²) in [5.74, 6) is 0.385. The Kier molecular flexibility index (Phi) is 3.62. The number of carbonyl (C=O) groups excluding carboxylic acids is 1.